The highest BCUT2D eigenvalue weighted by Gasteiger charge is 2.28. The van der Waals surface area contributed by atoms with E-state index in [-0.39, 0.29) is 23.7 Å². The molecule has 2 atom stereocenters. The lowest BCUT2D eigenvalue weighted by atomic mass is 10.3. The fraction of sp³-hybridized carbons (Fsp3) is 0.562. The molecule has 1 aliphatic heterocycles. The van der Waals surface area contributed by atoms with E-state index in [0.717, 1.165) is 0 Å². The smallest absolute Gasteiger partial charge is 0.191 e. The van der Waals surface area contributed by atoms with Crippen molar-refractivity contribution in [3.8, 4) is 11.5 Å². The molecule has 7 nitrogen and oxygen atoms in total. The van der Waals surface area contributed by atoms with Gasteiger partial charge in [0.2, 0.25) is 0 Å². The van der Waals surface area contributed by atoms with Gasteiger partial charge in [0.25, 0.3) is 0 Å². The predicted molar refractivity (Wildman–Crippen MR) is 94.6 cm³/mol. The summed E-state index contributed by atoms with van der Waals surface area (Å²) in [5.74, 6) is 2.32. The molecule has 0 aromatic heterocycles. The van der Waals surface area contributed by atoms with Crippen molar-refractivity contribution in [2.75, 3.05) is 32.2 Å². The zero-order valence-corrected chi connectivity index (χ0v) is 15.1. The topological polar surface area (TPSA) is 89.0 Å². The van der Waals surface area contributed by atoms with Gasteiger partial charge in [-0.15, -0.1) is 0 Å². The summed E-state index contributed by atoms with van der Waals surface area (Å²) in [6.07, 6.45) is 0.489. The van der Waals surface area contributed by atoms with Crippen LogP contribution in [0.4, 0.5) is 0 Å². The number of guanidine groups is 1. The molecule has 1 fully saturated rings. The summed E-state index contributed by atoms with van der Waals surface area (Å²) in [5.41, 5.74) is 0. The Morgan fingerprint density at radius 1 is 1.38 bits per heavy atom. The van der Waals surface area contributed by atoms with Crippen LogP contribution in [0.5, 0.6) is 11.5 Å². The van der Waals surface area contributed by atoms with Crippen LogP contribution in [0.25, 0.3) is 0 Å². The Morgan fingerprint density at radius 3 is 2.67 bits per heavy atom. The molecule has 0 spiro atoms. The Labute approximate surface area is 143 Å². The minimum absolute atomic E-state index is 0.0911. The summed E-state index contributed by atoms with van der Waals surface area (Å²) in [5, 5.41) is 6.30. The molecule has 2 unspecified atom stereocenters. The quantitative estimate of drug-likeness (QED) is 0.580. The summed E-state index contributed by atoms with van der Waals surface area (Å²) in [6.45, 7) is 2.46. The number of benzene rings is 1. The van der Waals surface area contributed by atoms with E-state index in [9.17, 15) is 8.42 Å². The second-order valence-electron chi connectivity index (χ2n) is 5.78. The number of hydrogen-bond donors (Lipinski definition) is 2. The van der Waals surface area contributed by atoms with Gasteiger partial charge in [0.15, 0.2) is 27.3 Å². The van der Waals surface area contributed by atoms with Crippen LogP contribution in [0.15, 0.2) is 29.3 Å². The maximum Gasteiger partial charge on any atom is 0.191 e. The maximum absolute atomic E-state index is 11.5. The molecule has 0 saturated carbocycles. The zero-order valence-electron chi connectivity index (χ0n) is 14.3. The van der Waals surface area contributed by atoms with Gasteiger partial charge in [0.1, 0.15) is 6.10 Å². The molecule has 1 aliphatic rings. The lowest BCUT2D eigenvalue weighted by Crippen LogP contribution is -2.46. The highest BCUT2D eigenvalue weighted by Crippen LogP contribution is 2.26. The Hall–Kier alpha value is -1.96. The Kier molecular flexibility index (Phi) is 6.30. The van der Waals surface area contributed by atoms with Crippen LogP contribution < -0.4 is 20.1 Å². The highest BCUT2D eigenvalue weighted by molar-refractivity contribution is 7.91. The van der Waals surface area contributed by atoms with Crippen molar-refractivity contribution in [2.45, 2.75) is 25.5 Å². The van der Waals surface area contributed by atoms with Crippen LogP contribution >= 0.6 is 0 Å². The molecular weight excluding hydrogens is 330 g/mol. The summed E-state index contributed by atoms with van der Waals surface area (Å²) in [7, 11) is 0.348. The third kappa shape index (κ3) is 5.30. The van der Waals surface area contributed by atoms with Gasteiger partial charge in [-0.05, 0) is 25.5 Å². The number of ether oxygens (including phenoxy) is 2. The van der Waals surface area contributed by atoms with Crippen molar-refractivity contribution in [3.63, 3.8) is 0 Å². The van der Waals surface area contributed by atoms with Crippen LogP contribution in [0.1, 0.15) is 13.3 Å². The Bertz CT molecular complexity index is 676. The fourth-order valence-electron chi connectivity index (χ4n) is 2.51. The number of rotatable bonds is 6. The predicted octanol–water partition coefficient (Wildman–Crippen LogP) is 0.815. The Morgan fingerprint density at radius 2 is 2.08 bits per heavy atom. The van der Waals surface area contributed by atoms with Gasteiger partial charge in [-0.3, -0.25) is 4.99 Å². The number of nitrogens with one attached hydrogen (secondary N) is 2. The third-order valence-corrected chi connectivity index (χ3v) is 5.52. The van der Waals surface area contributed by atoms with Crippen molar-refractivity contribution < 1.29 is 17.9 Å². The second kappa shape index (κ2) is 8.23. The van der Waals surface area contributed by atoms with E-state index in [1.165, 1.54) is 0 Å². The fourth-order valence-corrected chi connectivity index (χ4v) is 4.19. The van der Waals surface area contributed by atoms with Crippen LogP contribution in [0.2, 0.25) is 0 Å². The number of para-hydroxylation sites is 2. The molecule has 0 aliphatic carbocycles. The first-order valence-electron chi connectivity index (χ1n) is 7.91. The van der Waals surface area contributed by atoms with Crippen molar-refractivity contribution in [2.24, 2.45) is 4.99 Å². The van der Waals surface area contributed by atoms with Gasteiger partial charge >= 0.3 is 0 Å². The molecule has 2 N–H and O–H groups in total. The van der Waals surface area contributed by atoms with E-state index in [4.69, 9.17) is 9.47 Å². The van der Waals surface area contributed by atoms with Crippen molar-refractivity contribution in [3.05, 3.63) is 24.3 Å². The second-order valence-corrected chi connectivity index (χ2v) is 8.01. The standard InChI is InChI=1S/C16H25N3O4S/c1-12(23-15-7-5-4-6-14(15)22-3)10-18-16(17-2)19-13-8-9-24(20,21)11-13/h4-7,12-13H,8-11H2,1-3H3,(H2,17,18,19). The van der Waals surface area contributed by atoms with Gasteiger partial charge in [-0.2, -0.15) is 0 Å². The number of hydrogen-bond acceptors (Lipinski definition) is 5. The minimum Gasteiger partial charge on any atom is -0.493 e. The Balaban J connectivity index is 1.82. The molecule has 1 saturated heterocycles. The normalized spacial score (nSPS) is 21.1. The molecule has 1 aromatic carbocycles. The SMILES string of the molecule is CN=C(NCC(C)Oc1ccccc1OC)NC1CCS(=O)(=O)C1. The molecule has 1 heterocycles. The largest absolute Gasteiger partial charge is 0.493 e. The van der Waals surface area contributed by atoms with E-state index in [1.807, 2.05) is 31.2 Å². The zero-order chi connectivity index (χ0) is 17.6. The molecule has 8 heteroatoms. The maximum atomic E-state index is 11.5. The first kappa shape index (κ1) is 18.4. The van der Waals surface area contributed by atoms with Crippen LogP contribution in [0.3, 0.4) is 0 Å². The van der Waals surface area contributed by atoms with Gasteiger partial charge in [-0.25, -0.2) is 8.42 Å². The van der Waals surface area contributed by atoms with Gasteiger partial charge < -0.3 is 20.1 Å². The lowest BCUT2D eigenvalue weighted by molar-refractivity contribution is 0.213. The first-order chi connectivity index (χ1) is 11.4. The number of aliphatic imine (C=N–C) groups is 1. The van der Waals surface area contributed by atoms with Gasteiger partial charge in [0.05, 0.1) is 25.2 Å². The van der Waals surface area contributed by atoms with E-state index in [2.05, 4.69) is 15.6 Å². The van der Waals surface area contributed by atoms with Crippen molar-refractivity contribution >= 4 is 15.8 Å². The number of nitrogens with zero attached hydrogens (tertiary/aromatic N) is 1. The van der Waals surface area contributed by atoms with E-state index in [1.54, 1.807) is 14.2 Å². The third-order valence-electron chi connectivity index (χ3n) is 3.75. The molecule has 2 rings (SSSR count). The molecule has 0 bridgehead atoms. The number of sulfone groups is 1. The summed E-state index contributed by atoms with van der Waals surface area (Å²) < 4.78 is 34.1. The van der Waals surface area contributed by atoms with Crippen molar-refractivity contribution in [1.82, 2.24) is 10.6 Å². The van der Waals surface area contributed by atoms with E-state index >= 15 is 0 Å². The first-order valence-corrected chi connectivity index (χ1v) is 9.73. The molecule has 0 amide bonds. The average molecular weight is 355 g/mol. The monoisotopic (exact) mass is 355 g/mol. The lowest BCUT2D eigenvalue weighted by Gasteiger charge is -2.20. The van der Waals surface area contributed by atoms with Crippen LogP contribution in [-0.2, 0) is 9.84 Å². The molecular formula is C16H25N3O4S. The average Bonchev–Trinajstić information content (AvgIpc) is 2.90. The summed E-state index contributed by atoms with van der Waals surface area (Å²) in [6, 6.07) is 7.38. The van der Waals surface area contributed by atoms with Crippen LogP contribution in [-0.4, -0.2) is 58.7 Å². The van der Waals surface area contributed by atoms with Gasteiger partial charge in [0, 0.05) is 13.1 Å². The van der Waals surface area contributed by atoms with E-state index in [0.29, 0.717) is 30.4 Å². The van der Waals surface area contributed by atoms with Crippen LogP contribution in [0, 0.1) is 0 Å². The number of methoxy groups -OCH3 is 1. The van der Waals surface area contributed by atoms with E-state index < -0.39 is 9.84 Å². The molecule has 1 aromatic rings. The summed E-state index contributed by atoms with van der Waals surface area (Å²) >= 11 is 0. The van der Waals surface area contributed by atoms with Gasteiger partial charge in [-0.1, -0.05) is 12.1 Å². The van der Waals surface area contributed by atoms with Crippen molar-refractivity contribution in [1.29, 1.82) is 0 Å². The molecule has 0 radical (unpaired) electrons. The molecule has 134 valence electrons. The minimum atomic E-state index is -2.91. The summed E-state index contributed by atoms with van der Waals surface area (Å²) in [4.78, 5) is 4.13. The highest BCUT2D eigenvalue weighted by atomic mass is 32.2. The molecule has 24 heavy (non-hydrogen) atoms.